The summed E-state index contributed by atoms with van der Waals surface area (Å²) in [6.07, 6.45) is 20.6. The van der Waals surface area contributed by atoms with Crippen LogP contribution in [0.5, 0.6) is 0 Å². The summed E-state index contributed by atoms with van der Waals surface area (Å²) in [6.45, 7) is 6.07. The van der Waals surface area contributed by atoms with Crippen molar-refractivity contribution in [3.05, 3.63) is 11.9 Å². The zero-order valence-corrected chi connectivity index (χ0v) is 16.4. The SMILES string of the molecule is C#CC1CCCC(c2cn(CC(=O)C(C)(C)C)nn2)CCCC(C#C)C1. The lowest BCUT2D eigenvalue weighted by molar-refractivity contribution is -0.127. The molecule has 2 atom stereocenters. The Bertz CT molecular complexity index is 657. The number of ketones is 1. The van der Waals surface area contributed by atoms with Gasteiger partial charge in [0, 0.05) is 29.4 Å². The number of carbonyl (C=O) groups is 1. The van der Waals surface area contributed by atoms with E-state index < -0.39 is 0 Å². The van der Waals surface area contributed by atoms with Gasteiger partial charge in [0.15, 0.2) is 5.78 Å². The first kappa shape index (κ1) is 20.2. The van der Waals surface area contributed by atoms with E-state index in [2.05, 4.69) is 22.2 Å². The third-order valence-corrected chi connectivity index (χ3v) is 5.37. The third-order valence-electron chi connectivity index (χ3n) is 5.37. The molecule has 0 saturated heterocycles. The van der Waals surface area contributed by atoms with Gasteiger partial charge >= 0.3 is 0 Å². The first-order valence-electron chi connectivity index (χ1n) is 9.69. The van der Waals surface area contributed by atoms with Crippen LogP contribution < -0.4 is 0 Å². The zero-order chi connectivity index (χ0) is 19.2. The van der Waals surface area contributed by atoms with Gasteiger partial charge in [0.05, 0.1) is 5.69 Å². The van der Waals surface area contributed by atoms with Gasteiger partial charge in [-0.25, -0.2) is 4.68 Å². The van der Waals surface area contributed by atoms with Crippen molar-refractivity contribution in [2.75, 3.05) is 0 Å². The first-order chi connectivity index (χ1) is 12.3. The molecular formula is C22H31N3O. The monoisotopic (exact) mass is 353 g/mol. The van der Waals surface area contributed by atoms with Crippen molar-refractivity contribution in [1.29, 1.82) is 0 Å². The minimum Gasteiger partial charge on any atom is -0.297 e. The topological polar surface area (TPSA) is 47.8 Å². The molecule has 0 amide bonds. The highest BCUT2D eigenvalue weighted by Crippen LogP contribution is 2.32. The second-order valence-corrected chi connectivity index (χ2v) is 8.54. The number of carbonyl (C=O) groups excluding carboxylic acids is 1. The minimum atomic E-state index is -0.364. The van der Waals surface area contributed by atoms with Gasteiger partial charge in [0.2, 0.25) is 0 Å². The van der Waals surface area contributed by atoms with Crippen molar-refractivity contribution in [3.8, 4) is 24.7 Å². The van der Waals surface area contributed by atoms with E-state index in [1.54, 1.807) is 4.68 Å². The van der Waals surface area contributed by atoms with Crippen LogP contribution in [-0.4, -0.2) is 20.8 Å². The Morgan fingerprint density at radius 3 is 2.23 bits per heavy atom. The van der Waals surface area contributed by atoms with Crippen LogP contribution in [0.2, 0.25) is 0 Å². The highest BCUT2D eigenvalue weighted by Gasteiger charge is 2.24. The van der Waals surface area contributed by atoms with Crippen LogP contribution in [0.25, 0.3) is 0 Å². The van der Waals surface area contributed by atoms with Crippen LogP contribution in [0.3, 0.4) is 0 Å². The van der Waals surface area contributed by atoms with E-state index in [-0.39, 0.29) is 29.6 Å². The number of rotatable bonds is 3. The molecule has 1 saturated carbocycles. The number of Topliss-reactive ketones (excluding diaryl/α,β-unsaturated/α-hetero) is 1. The molecule has 2 rings (SSSR count). The number of hydrogen-bond acceptors (Lipinski definition) is 3. The summed E-state index contributed by atoms with van der Waals surface area (Å²) in [6, 6.07) is 0. The molecule has 0 aliphatic heterocycles. The van der Waals surface area contributed by atoms with E-state index in [1.807, 2.05) is 27.0 Å². The van der Waals surface area contributed by atoms with E-state index in [9.17, 15) is 4.79 Å². The predicted molar refractivity (Wildman–Crippen MR) is 104 cm³/mol. The number of aromatic nitrogens is 3. The molecule has 140 valence electrons. The molecule has 1 aromatic heterocycles. The average Bonchev–Trinajstić information content (AvgIpc) is 3.06. The highest BCUT2D eigenvalue weighted by atomic mass is 16.1. The van der Waals surface area contributed by atoms with Crippen molar-refractivity contribution >= 4 is 5.78 Å². The Labute approximate surface area is 158 Å². The number of nitrogens with zero attached hydrogens (tertiary/aromatic N) is 3. The third kappa shape index (κ3) is 5.73. The molecule has 0 bridgehead atoms. The predicted octanol–water partition coefficient (Wildman–Crippen LogP) is 4.22. The zero-order valence-electron chi connectivity index (χ0n) is 16.4. The molecule has 4 nitrogen and oxygen atoms in total. The van der Waals surface area contributed by atoms with Gasteiger partial charge < -0.3 is 0 Å². The fourth-order valence-electron chi connectivity index (χ4n) is 3.51. The van der Waals surface area contributed by atoms with Crippen molar-refractivity contribution in [1.82, 2.24) is 15.0 Å². The Hall–Kier alpha value is -2.07. The van der Waals surface area contributed by atoms with Crippen LogP contribution >= 0.6 is 0 Å². The van der Waals surface area contributed by atoms with Crippen LogP contribution in [0, 0.1) is 41.9 Å². The van der Waals surface area contributed by atoms with Crippen molar-refractivity contribution < 1.29 is 4.79 Å². The van der Waals surface area contributed by atoms with Gasteiger partial charge in [-0.05, 0) is 32.1 Å². The Kier molecular flexibility index (Phi) is 7.04. The molecule has 2 unspecified atom stereocenters. The first-order valence-corrected chi connectivity index (χ1v) is 9.69. The van der Waals surface area contributed by atoms with Gasteiger partial charge in [-0.15, -0.1) is 29.8 Å². The van der Waals surface area contributed by atoms with Gasteiger partial charge in [-0.2, -0.15) is 0 Å². The lowest BCUT2D eigenvalue weighted by atomic mass is 9.83. The van der Waals surface area contributed by atoms with Crippen molar-refractivity contribution in [2.45, 2.75) is 78.2 Å². The smallest absolute Gasteiger partial charge is 0.159 e. The maximum atomic E-state index is 12.2. The van der Waals surface area contributed by atoms with Gasteiger partial charge in [-0.3, -0.25) is 4.79 Å². The Morgan fingerprint density at radius 1 is 1.15 bits per heavy atom. The maximum absolute atomic E-state index is 12.2. The van der Waals surface area contributed by atoms with Crippen LogP contribution in [-0.2, 0) is 11.3 Å². The fourth-order valence-corrected chi connectivity index (χ4v) is 3.51. The molecule has 0 aromatic carbocycles. The van der Waals surface area contributed by atoms with E-state index >= 15 is 0 Å². The van der Waals surface area contributed by atoms with Crippen LogP contribution in [0.1, 0.15) is 77.3 Å². The molecule has 0 spiro atoms. The average molecular weight is 354 g/mol. The largest absolute Gasteiger partial charge is 0.297 e. The lowest BCUT2D eigenvalue weighted by Gasteiger charge is -2.21. The summed E-state index contributed by atoms with van der Waals surface area (Å²) in [7, 11) is 0. The van der Waals surface area contributed by atoms with Gasteiger partial charge in [0.25, 0.3) is 0 Å². The van der Waals surface area contributed by atoms with E-state index in [0.717, 1.165) is 50.6 Å². The standard InChI is InChI=1S/C22H31N3O/c1-6-17-10-8-12-19(13-9-11-18(7-2)14-17)20-15-25(24-23-20)16-21(26)22(3,4)5/h1-2,15,17-19H,8-14,16H2,3-5H3. The molecule has 4 heteroatoms. The molecule has 1 aliphatic carbocycles. The number of hydrogen-bond donors (Lipinski definition) is 0. The summed E-state index contributed by atoms with van der Waals surface area (Å²) >= 11 is 0. The Balaban J connectivity index is 2.04. The second-order valence-electron chi connectivity index (χ2n) is 8.54. The molecule has 1 fully saturated rings. The molecular weight excluding hydrogens is 322 g/mol. The lowest BCUT2D eigenvalue weighted by Crippen LogP contribution is -2.25. The molecule has 0 radical (unpaired) electrons. The van der Waals surface area contributed by atoms with E-state index in [1.165, 1.54) is 0 Å². The fraction of sp³-hybridized carbons (Fsp3) is 0.682. The molecule has 1 aromatic rings. The summed E-state index contributed by atoms with van der Waals surface area (Å²) in [5, 5.41) is 8.54. The second kappa shape index (κ2) is 9.04. The normalized spacial score (nSPS) is 25.0. The van der Waals surface area contributed by atoms with E-state index in [4.69, 9.17) is 12.8 Å². The number of terminal acetylenes is 2. The van der Waals surface area contributed by atoms with E-state index in [0.29, 0.717) is 5.92 Å². The summed E-state index contributed by atoms with van der Waals surface area (Å²) in [4.78, 5) is 12.2. The van der Waals surface area contributed by atoms with Crippen molar-refractivity contribution in [3.63, 3.8) is 0 Å². The summed E-state index contributed by atoms with van der Waals surface area (Å²) in [5.41, 5.74) is 0.624. The highest BCUT2D eigenvalue weighted by molar-refractivity contribution is 5.83. The van der Waals surface area contributed by atoms with Gasteiger partial charge in [0.1, 0.15) is 6.54 Å². The molecule has 0 N–H and O–H groups in total. The Morgan fingerprint density at radius 2 is 1.73 bits per heavy atom. The maximum Gasteiger partial charge on any atom is 0.159 e. The van der Waals surface area contributed by atoms with Crippen LogP contribution in [0.4, 0.5) is 0 Å². The summed E-state index contributed by atoms with van der Waals surface area (Å²) < 4.78 is 1.68. The molecule has 26 heavy (non-hydrogen) atoms. The van der Waals surface area contributed by atoms with Crippen molar-refractivity contribution in [2.24, 2.45) is 17.3 Å². The van der Waals surface area contributed by atoms with Gasteiger partial charge in [-0.1, -0.05) is 38.8 Å². The quantitative estimate of drug-likeness (QED) is 0.765. The summed E-state index contributed by atoms with van der Waals surface area (Å²) in [5.74, 6) is 6.90. The molecule has 1 aliphatic rings. The minimum absolute atomic E-state index is 0.161. The molecule has 1 heterocycles. The van der Waals surface area contributed by atoms with Crippen LogP contribution in [0.15, 0.2) is 6.20 Å².